The molecule has 0 atom stereocenters. The Bertz CT molecular complexity index is 624. The summed E-state index contributed by atoms with van der Waals surface area (Å²) in [6.45, 7) is 0. The van der Waals surface area contributed by atoms with Crippen molar-refractivity contribution in [1.29, 1.82) is 0 Å². The van der Waals surface area contributed by atoms with Crippen molar-refractivity contribution < 1.29 is 9.90 Å². The highest BCUT2D eigenvalue weighted by Crippen LogP contribution is 2.12. The molecule has 0 aliphatic carbocycles. The SMILES string of the molecule is Nc1cccc(C(=O)N/N=C\c2ccccc2O)c1. The summed E-state index contributed by atoms with van der Waals surface area (Å²) in [4.78, 5) is 11.7. The van der Waals surface area contributed by atoms with E-state index >= 15 is 0 Å². The van der Waals surface area contributed by atoms with Crippen molar-refractivity contribution in [3.8, 4) is 5.75 Å². The van der Waals surface area contributed by atoms with Gasteiger partial charge in [-0.15, -0.1) is 0 Å². The smallest absolute Gasteiger partial charge is 0.271 e. The van der Waals surface area contributed by atoms with Gasteiger partial charge < -0.3 is 10.8 Å². The molecule has 2 aromatic rings. The van der Waals surface area contributed by atoms with E-state index in [4.69, 9.17) is 5.73 Å². The third-order valence-corrected chi connectivity index (χ3v) is 2.46. The number of nitrogens with zero attached hydrogens (tertiary/aromatic N) is 1. The highest BCUT2D eigenvalue weighted by atomic mass is 16.3. The lowest BCUT2D eigenvalue weighted by molar-refractivity contribution is 0.0955. The Hall–Kier alpha value is -2.82. The molecule has 0 aliphatic heterocycles. The van der Waals surface area contributed by atoms with Crippen molar-refractivity contribution in [1.82, 2.24) is 5.43 Å². The number of anilines is 1. The van der Waals surface area contributed by atoms with Crippen LogP contribution in [-0.4, -0.2) is 17.2 Å². The average Bonchev–Trinajstić information content (AvgIpc) is 2.41. The maximum absolute atomic E-state index is 11.7. The molecule has 0 saturated carbocycles. The van der Waals surface area contributed by atoms with Crippen LogP contribution in [-0.2, 0) is 0 Å². The summed E-state index contributed by atoms with van der Waals surface area (Å²) in [6.07, 6.45) is 1.37. The molecule has 0 radical (unpaired) electrons. The minimum absolute atomic E-state index is 0.101. The molecule has 0 bridgehead atoms. The van der Waals surface area contributed by atoms with Gasteiger partial charge in [-0.1, -0.05) is 18.2 Å². The van der Waals surface area contributed by atoms with Crippen LogP contribution in [0.2, 0.25) is 0 Å². The van der Waals surface area contributed by atoms with Gasteiger partial charge in [0.1, 0.15) is 5.75 Å². The minimum Gasteiger partial charge on any atom is -0.507 e. The lowest BCUT2D eigenvalue weighted by atomic mass is 10.2. The van der Waals surface area contributed by atoms with E-state index in [1.807, 2.05) is 0 Å². The quantitative estimate of drug-likeness (QED) is 0.443. The number of carbonyl (C=O) groups is 1. The van der Waals surface area contributed by atoms with E-state index in [9.17, 15) is 9.90 Å². The first-order valence-corrected chi connectivity index (χ1v) is 5.64. The van der Waals surface area contributed by atoms with Gasteiger partial charge in [-0.05, 0) is 30.3 Å². The minimum atomic E-state index is -0.362. The Morgan fingerprint density at radius 2 is 2.00 bits per heavy atom. The molecule has 2 aromatic carbocycles. The molecule has 5 nitrogen and oxygen atoms in total. The Balaban J connectivity index is 2.03. The van der Waals surface area contributed by atoms with Gasteiger partial charge in [-0.25, -0.2) is 5.43 Å². The molecule has 19 heavy (non-hydrogen) atoms. The van der Waals surface area contributed by atoms with Crippen molar-refractivity contribution in [2.45, 2.75) is 0 Å². The number of para-hydroxylation sites is 1. The molecule has 0 saturated heterocycles. The Morgan fingerprint density at radius 1 is 1.21 bits per heavy atom. The van der Waals surface area contributed by atoms with Gasteiger partial charge in [-0.2, -0.15) is 5.10 Å². The topological polar surface area (TPSA) is 87.7 Å². The molecule has 96 valence electrons. The zero-order valence-electron chi connectivity index (χ0n) is 10.1. The number of rotatable bonds is 3. The maximum Gasteiger partial charge on any atom is 0.271 e. The third-order valence-electron chi connectivity index (χ3n) is 2.46. The number of benzene rings is 2. The zero-order chi connectivity index (χ0) is 13.7. The first kappa shape index (κ1) is 12.6. The molecule has 0 heterocycles. The number of amides is 1. The molecule has 0 aliphatic rings. The van der Waals surface area contributed by atoms with Gasteiger partial charge in [0.05, 0.1) is 6.21 Å². The molecule has 4 N–H and O–H groups in total. The fourth-order valence-electron chi connectivity index (χ4n) is 1.50. The molecular formula is C14H13N3O2. The van der Waals surface area contributed by atoms with Crippen molar-refractivity contribution >= 4 is 17.8 Å². The van der Waals surface area contributed by atoms with Crippen LogP contribution in [0, 0.1) is 0 Å². The summed E-state index contributed by atoms with van der Waals surface area (Å²) in [5.41, 5.74) is 9.41. The average molecular weight is 255 g/mol. The lowest BCUT2D eigenvalue weighted by Crippen LogP contribution is -2.17. The number of phenolic OH excluding ortho intramolecular Hbond substituents is 1. The summed E-state index contributed by atoms with van der Waals surface area (Å²) in [7, 11) is 0. The van der Waals surface area contributed by atoms with E-state index in [1.54, 1.807) is 48.5 Å². The summed E-state index contributed by atoms with van der Waals surface area (Å²) in [5.74, 6) is -0.261. The number of hydrogen-bond donors (Lipinski definition) is 3. The number of hydrogen-bond acceptors (Lipinski definition) is 4. The van der Waals surface area contributed by atoms with Crippen molar-refractivity contribution in [3.63, 3.8) is 0 Å². The van der Waals surface area contributed by atoms with Crippen LogP contribution in [0.4, 0.5) is 5.69 Å². The highest BCUT2D eigenvalue weighted by Gasteiger charge is 2.03. The van der Waals surface area contributed by atoms with Crippen LogP contribution in [0.25, 0.3) is 0 Å². The van der Waals surface area contributed by atoms with E-state index in [-0.39, 0.29) is 11.7 Å². The van der Waals surface area contributed by atoms with Gasteiger partial charge in [0.15, 0.2) is 0 Å². The Morgan fingerprint density at radius 3 is 2.74 bits per heavy atom. The summed E-state index contributed by atoms with van der Waals surface area (Å²) >= 11 is 0. The zero-order valence-corrected chi connectivity index (χ0v) is 10.1. The molecule has 1 amide bonds. The van der Waals surface area contributed by atoms with E-state index in [2.05, 4.69) is 10.5 Å². The van der Waals surface area contributed by atoms with Crippen LogP contribution in [0.3, 0.4) is 0 Å². The monoisotopic (exact) mass is 255 g/mol. The molecule has 0 aromatic heterocycles. The molecule has 0 fully saturated rings. The van der Waals surface area contributed by atoms with Gasteiger partial charge in [-0.3, -0.25) is 4.79 Å². The van der Waals surface area contributed by atoms with Crippen LogP contribution in [0.15, 0.2) is 53.6 Å². The fourth-order valence-corrected chi connectivity index (χ4v) is 1.50. The first-order chi connectivity index (χ1) is 9.16. The normalized spacial score (nSPS) is 10.5. The number of nitrogens with one attached hydrogen (secondary N) is 1. The standard InChI is InChI=1S/C14H13N3O2/c15-12-6-3-5-10(8-12)14(19)17-16-9-11-4-1-2-7-13(11)18/h1-9,18H,15H2,(H,17,19)/b16-9-. The number of nitrogens with two attached hydrogens (primary N) is 1. The lowest BCUT2D eigenvalue weighted by Gasteiger charge is -2.01. The summed E-state index contributed by atoms with van der Waals surface area (Å²) in [6, 6.07) is 13.3. The number of carbonyl (C=O) groups excluding carboxylic acids is 1. The molecule has 0 unspecified atom stereocenters. The fraction of sp³-hybridized carbons (Fsp3) is 0. The second kappa shape index (κ2) is 5.68. The van der Waals surface area contributed by atoms with E-state index in [0.29, 0.717) is 16.8 Å². The molecule has 2 rings (SSSR count). The van der Waals surface area contributed by atoms with Crippen LogP contribution >= 0.6 is 0 Å². The van der Waals surface area contributed by atoms with Gasteiger partial charge >= 0.3 is 0 Å². The number of nitrogen functional groups attached to an aromatic ring is 1. The Kier molecular flexibility index (Phi) is 3.78. The highest BCUT2D eigenvalue weighted by molar-refractivity contribution is 5.95. The van der Waals surface area contributed by atoms with Crippen LogP contribution < -0.4 is 11.2 Å². The van der Waals surface area contributed by atoms with E-state index in [1.165, 1.54) is 6.21 Å². The van der Waals surface area contributed by atoms with E-state index in [0.717, 1.165) is 0 Å². The van der Waals surface area contributed by atoms with E-state index < -0.39 is 0 Å². The molecular weight excluding hydrogens is 242 g/mol. The second-order valence-corrected chi connectivity index (χ2v) is 3.88. The number of phenols is 1. The van der Waals surface area contributed by atoms with Crippen molar-refractivity contribution in [3.05, 3.63) is 59.7 Å². The number of hydrazone groups is 1. The summed E-state index contributed by atoms with van der Waals surface area (Å²) in [5, 5.41) is 13.3. The second-order valence-electron chi connectivity index (χ2n) is 3.88. The largest absolute Gasteiger partial charge is 0.507 e. The van der Waals surface area contributed by atoms with Gasteiger partial charge in [0.25, 0.3) is 5.91 Å². The Labute approximate surface area is 110 Å². The van der Waals surface area contributed by atoms with Gasteiger partial charge in [0, 0.05) is 16.8 Å². The predicted molar refractivity (Wildman–Crippen MR) is 74.0 cm³/mol. The summed E-state index contributed by atoms with van der Waals surface area (Å²) < 4.78 is 0. The van der Waals surface area contributed by atoms with Crippen LogP contribution in [0.5, 0.6) is 5.75 Å². The van der Waals surface area contributed by atoms with Crippen LogP contribution in [0.1, 0.15) is 15.9 Å². The van der Waals surface area contributed by atoms with Crippen molar-refractivity contribution in [2.24, 2.45) is 5.10 Å². The third kappa shape index (κ3) is 3.32. The van der Waals surface area contributed by atoms with Gasteiger partial charge in [0.2, 0.25) is 0 Å². The molecule has 0 spiro atoms. The van der Waals surface area contributed by atoms with Crippen molar-refractivity contribution in [2.75, 3.05) is 5.73 Å². The predicted octanol–water partition coefficient (Wildman–Crippen LogP) is 1.74. The first-order valence-electron chi connectivity index (χ1n) is 5.64. The maximum atomic E-state index is 11.7. The molecule has 5 heteroatoms. The number of aromatic hydroxyl groups is 1.